The van der Waals surface area contributed by atoms with Gasteiger partial charge in [0, 0.05) is 12.7 Å². The van der Waals surface area contributed by atoms with Gasteiger partial charge in [0.25, 0.3) is 0 Å². The van der Waals surface area contributed by atoms with Crippen molar-refractivity contribution in [2.75, 3.05) is 18.5 Å². The molecule has 1 aromatic rings. The quantitative estimate of drug-likeness (QED) is 0.869. The Morgan fingerprint density at radius 2 is 2.11 bits per heavy atom. The van der Waals surface area contributed by atoms with E-state index in [0.29, 0.717) is 0 Å². The van der Waals surface area contributed by atoms with Crippen molar-refractivity contribution in [1.29, 1.82) is 0 Å². The standard InChI is InChI=1S/C15H22N2O/c1-11-7-8-14(12(2)10-11)17(3)15(18)13-6-4-5-9-16-13/h7-8,10,13,16H,4-6,9H2,1-3H3/t13-/m0/s1. The summed E-state index contributed by atoms with van der Waals surface area (Å²) in [7, 11) is 1.87. The minimum atomic E-state index is -0.00977. The number of nitrogens with one attached hydrogen (secondary N) is 1. The maximum Gasteiger partial charge on any atom is 0.243 e. The second-order valence-corrected chi connectivity index (χ2v) is 5.19. The van der Waals surface area contributed by atoms with Crippen molar-refractivity contribution in [3.8, 4) is 0 Å². The van der Waals surface area contributed by atoms with E-state index in [9.17, 15) is 4.79 Å². The van der Waals surface area contributed by atoms with Crippen LogP contribution in [0.4, 0.5) is 5.69 Å². The van der Waals surface area contributed by atoms with Crippen LogP contribution in [0.25, 0.3) is 0 Å². The molecule has 18 heavy (non-hydrogen) atoms. The normalized spacial score (nSPS) is 19.6. The first-order chi connectivity index (χ1) is 8.59. The molecule has 0 aliphatic carbocycles. The highest BCUT2D eigenvalue weighted by Crippen LogP contribution is 2.21. The molecule has 0 saturated carbocycles. The van der Waals surface area contributed by atoms with Crippen LogP contribution in [0.2, 0.25) is 0 Å². The second kappa shape index (κ2) is 5.53. The van der Waals surface area contributed by atoms with Crippen LogP contribution in [0.5, 0.6) is 0 Å². The summed E-state index contributed by atoms with van der Waals surface area (Å²) in [5.74, 6) is 0.182. The van der Waals surface area contributed by atoms with Gasteiger partial charge in [0.05, 0.1) is 6.04 Å². The Hall–Kier alpha value is -1.35. The first kappa shape index (κ1) is 13.1. The Morgan fingerprint density at radius 3 is 2.72 bits per heavy atom. The van der Waals surface area contributed by atoms with Crippen molar-refractivity contribution in [1.82, 2.24) is 5.32 Å². The Labute approximate surface area is 109 Å². The van der Waals surface area contributed by atoms with Gasteiger partial charge < -0.3 is 10.2 Å². The summed E-state index contributed by atoms with van der Waals surface area (Å²) in [6.07, 6.45) is 3.27. The highest BCUT2D eigenvalue weighted by atomic mass is 16.2. The van der Waals surface area contributed by atoms with Crippen molar-refractivity contribution in [2.45, 2.75) is 39.2 Å². The molecule has 1 N–H and O–H groups in total. The van der Waals surface area contributed by atoms with E-state index in [1.807, 2.05) is 13.1 Å². The average molecular weight is 246 g/mol. The van der Waals surface area contributed by atoms with Crippen LogP contribution in [0.1, 0.15) is 30.4 Å². The molecule has 1 fully saturated rings. The van der Waals surface area contributed by atoms with Gasteiger partial charge in [0.1, 0.15) is 0 Å². The number of likely N-dealkylation sites (N-methyl/N-ethyl adjacent to an activating group) is 1. The van der Waals surface area contributed by atoms with Crippen LogP contribution in [-0.2, 0) is 4.79 Å². The molecule has 1 saturated heterocycles. The summed E-state index contributed by atoms with van der Waals surface area (Å²) in [5.41, 5.74) is 3.40. The maximum atomic E-state index is 12.4. The Kier molecular flexibility index (Phi) is 4.02. The number of carbonyl (C=O) groups excluding carboxylic acids is 1. The number of benzene rings is 1. The molecule has 0 aromatic heterocycles. The SMILES string of the molecule is Cc1ccc(N(C)C(=O)[C@@H]2CCCCN2)c(C)c1. The molecule has 0 unspecified atom stereocenters. The maximum absolute atomic E-state index is 12.4. The van der Waals surface area contributed by atoms with E-state index in [0.717, 1.165) is 30.6 Å². The van der Waals surface area contributed by atoms with Gasteiger partial charge in [-0.05, 0) is 44.9 Å². The topological polar surface area (TPSA) is 32.3 Å². The lowest BCUT2D eigenvalue weighted by Crippen LogP contribution is -2.47. The van der Waals surface area contributed by atoms with Gasteiger partial charge in [-0.25, -0.2) is 0 Å². The van der Waals surface area contributed by atoms with Crippen LogP contribution in [0, 0.1) is 13.8 Å². The van der Waals surface area contributed by atoms with Crippen LogP contribution < -0.4 is 10.2 Å². The van der Waals surface area contributed by atoms with Gasteiger partial charge >= 0.3 is 0 Å². The summed E-state index contributed by atoms with van der Waals surface area (Å²) in [4.78, 5) is 14.2. The lowest BCUT2D eigenvalue weighted by molar-refractivity contribution is -0.120. The van der Waals surface area contributed by atoms with E-state index in [4.69, 9.17) is 0 Å². The molecule has 98 valence electrons. The fraction of sp³-hybridized carbons (Fsp3) is 0.533. The number of carbonyl (C=O) groups is 1. The minimum Gasteiger partial charge on any atom is -0.314 e. The summed E-state index contributed by atoms with van der Waals surface area (Å²) >= 11 is 0. The number of nitrogens with zero attached hydrogens (tertiary/aromatic N) is 1. The molecule has 1 aliphatic rings. The summed E-state index contributed by atoms with van der Waals surface area (Å²) < 4.78 is 0. The highest BCUT2D eigenvalue weighted by Gasteiger charge is 2.24. The first-order valence-corrected chi connectivity index (χ1v) is 6.68. The third-order valence-corrected chi connectivity index (χ3v) is 3.65. The summed E-state index contributed by atoms with van der Waals surface area (Å²) in [6.45, 7) is 5.08. The molecule has 3 nitrogen and oxygen atoms in total. The summed E-state index contributed by atoms with van der Waals surface area (Å²) in [6, 6.07) is 6.20. The Balaban J connectivity index is 2.14. The van der Waals surface area contributed by atoms with E-state index in [1.165, 1.54) is 12.0 Å². The van der Waals surface area contributed by atoms with Crippen LogP contribution in [0.3, 0.4) is 0 Å². The van der Waals surface area contributed by atoms with Gasteiger partial charge in [-0.1, -0.05) is 24.1 Å². The molecule has 2 rings (SSSR count). The molecular formula is C15H22N2O. The van der Waals surface area contributed by atoms with Crippen molar-refractivity contribution < 1.29 is 4.79 Å². The molecule has 0 radical (unpaired) electrons. The minimum absolute atomic E-state index is 0.00977. The molecule has 1 heterocycles. The molecular weight excluding hydrogens is 224 g/mol. The number of hydrogen-bond donors (Lipinski definition) is 1. The molecule has 1 amide bonds. The van der Waals surface area contributed by atoms with Crippen molar-refractivity contribution in [3.05, 3.63) is 29.3 Å². The van der Waals surface area contributed by atoms with Gasteiger partial charge in [0.2, 0.25) is 5.91 Å². The number of rotatable bonds is 2. The zero-order valence-corrected chi connectivity index (χ0v) is 11.5. The first-order valence-electron chi connectivity index (χ1n) is 6.68. The molecule has 1 aromatic carbocycles. The lowest BCUT2D eigenvalue weighted by Gasteiger charge is -2.28. The Bertz CT molecular complexity index is 436. The van der Waals surface area contributed by atoms with Crippen LogP contribution in [0.15, 0.2) is 18.2 Å². The van der Waals surface area contributed by atoms with Crippen molar-refractivity contribution in [2.24, 2.45) is 0 Å². The molecule has 0 spiro atoms. The molecule has 1 aliphatic heterocycles. The van der Waals surface area contributed by atoms with Gasteiger partial charge in [-0.3, -0.25) is 4.79 Å². The van der Waals surface area contributed by atoms with E-state index in [-0.39, 0.29) is 11.9 Å². The molecule has 0 bridgehead atoms. The molecule has 1 atom stereocenters. The third-order valence-electron chi connectivity index (χ3n) is 3.65. The van der Waals surface area contributed by atoms with E-state index >= 15 is 0 Å². The smallest absolute Gasteiger partial charge is 0.243 e. The lowest BCUT2D eigenvalue weighted by atomic mass is 10.0. The predicted molar refractivity (Wildman–Crippen MR) is 75.0 cm³/mol. The zero-order valence-electron chi connectivity index (χ0n) is 11.5. The number of piperidine rings is 1. The number of amides is 1. The van der Waals surface area contributed by atoms with E-state index in [2.05, 4.69) is 31.3 Å². The monoisotopic (exact) mass is 246 g/mol. The van der Waals surface area contributed by atoms with Gasteiger partial charge in [-0.2, -0.15) is 0 Å². The average Bonchev–Trinajstić information content (AvgIpc) is 2.38. The van der Waals surface area contributed by atoms with Gasteiger partial charge in [0.15, 0.2) is 0 Å². The zero-order chi connectivity index (χ0) is 13.1. The van der Waals surface area contributed by atoms with E-state index in [1.54, 1.807) is 4.90 Å². The fourth-order valence-corrected chi connectivity index (χ4v) is 2.60. The predicted octanol–water partition coefficient (Wildman–Crippen LogP) is 2.41. The van der Waals surface area contributed by atoms with E-state index < -0.39 is 0 Å². The highest BCUT2D eigenvalue weighted by molar-refractivity contribution is 5.97. The van der Waals surface area contributed by atoms with Crippen LogP contribution >= 0.6 is 0 Å². The number of aryl methyl sites for hydroxylation is 2. The number of hydrogen-bond acceptors (Lipinski definition) is 2. The summed E-state index contributed by atoms with van der Waals surface area (Å²) in [5, 5.41) is 3.31. The van der Waals surface area contributed by atoms with Crippen molar-refractivity contribution in [3.63, 3.8) is 0 Å². The van der Waals surface area contributed by atoms with Crippen molar-refractivity contribution >= 4 is 11.6 Å². The largest absolute Gasteiger partial charge is 0.314 e. The second-order valence-electron chi connectivity index (χ2n) is 5.19. The fourth-order valence-electron chi connectivity index (χ4n) is 2.60. The number of anilines is 1. The third kappa shape index (κ3) is 2.72. The van der Waals surface area contributed by atoms with Crippen LogP contribution in [-0.4, -0.2) is 25.5 Å². The Morgan fingerprint density at radius 1 is 1.33 bits per heavy atom. The van der Waals surface area contributed by atoms with Gasteiger partial charge in [-0.15, -0.1) is 0 Å². The molecule has 3 heteroatoms.